The number of hydroxylamine groups is 2. The molecule has 150 valence electrons. The van der Waals surface area contributed by atoms with Crippen molar-refractivity contribution < 1.29 is 19.2 Å². The minimum atomic E-state index is -0.587. The van der Waals surface area contributed by atoms with Gasteiger partial charge in [-0.1, -0.05) is 35.4 Å². The molecule has 4 rings (SSSR count). The summed E-state index contributed by atoms with van der Waals surface area (Å²) in [5, 5.41) is 0.575. The summed E-state index contributed by atoms with van der Waals surface area (Å²) in [5.41, 5.74) is 1.76. The van der Waals surface area contributed by atoms with Gasteiger partial charge in [0, 0.05) is 38.3 Å². The Labute approximate surface area is 169 Å². The van der Waals surface area contributed by atoms with Crippen molar-refractivity contribution in [3.05, 3.63) is 65.7 Å². The number of carbonyl (C=O) groups is 3. The van der Waals surface area contributed by atoms with Gasteiger partial charge in [0.2, 0.25) is 0 Å². The number of amides is 2. The first-order valence-electron chi connectivity index (χ1n) is 9.84. The molecule has 0 unspecified atom stereocenters. The van der Waals surface area contributed by atoms with Crippen molar-refractivity contribution >= 4 is 23.5 Å². The predicted molar refractivity (Wildman–Crippen MR) is 107 cm³/mol. The number of carbonyl (C=O) groups excluding carboxylic acids is 3. The molecule has 0 radical (unpaired) electrons. The molecule has 29 heavy (non-hydrogen) atoms. The monoisotopic (exact) mass is 393 g/mol. The fourth-order valence-electron chi connectivity index (χ4n) is 3.71. The third-order valence-electron chi connectivity index (χ3n) is 5.30. The standard InChI is InChI=1S/C22H23N3O4/c26-20(29-25-21(27)18-9-4-5-10-19(18)22(25)28)11-6-12-23-13-15-24(16-14-23)17-7-2-1-3-8-17/h1-5,7-10H,6,11-16H2. The van der Waals surface area contributed by atoms with Crippen LogP contribution >= 0.6 is 0 Å². The van der Waals surface area contributed by atoms with E-state index in [2.05, 4.69) is 21.9 Å². The Morgan fingerprint density at radius 3 is 2.03 bits per heavy atom. The number of piperazine rings is 1. The maximum atomic E-state index is 12.2. The van der Waals surface area contributed by atoms with Crippen LogP contribution in [-0.2, 0) is 9.63 Å². The number of imide groups is 1. The number of anilines is 1. The van der Waals surface area contributed by atoms with Crippen LogP contribution in [0.5, 0.6) is 0 Å². The normalized spacial score (nSPS) is 16.8. The summed E-state index contributed by atoms with van der Waals surface area (Å²) in [6, 6.07) is 16.8. The molecule has 0 N–H and O–H groups in total. The first-order chi connectivity index (χ1) is 14.1. The predicted octanol–water partition coefficient (Wildman–Crippen LogP) is 2.34. The largest absolute Gasteiger partial charge is 0.369 e. The Kier molecular flexibility index (Phi) is 5.57. The second-order valence-corrected chi connectivity index (χ2v) is 7.18. The van der Waals surface area contributed by atoms with E-state index in [1.165, 1.54) is 5.69 Å². The summed E-state index contributed by atoms with van der Waals surface area (Å²) < 4.78 is 0. The van der Waals surface area contributed by atoms with Gasteiger partial charge < -0.3 is 9.74 Å². The van der Waals surface area contributed by atoms with Gasteiger partial charge in [-0.25, -0.2) is 4.79 Å². The van der Waals surface area contributed by atoms with Crippen LogP contribution in [0.15, 0.2) is 54.6 Å². The molecular weight excluding hydrogens is 370 g/mol. The van der Waals surface area contributed by atoms with E-state index in [1.807, 2.05) is 18.2 Å². The van der Waals surface area contributed by atoms with Gasteiger partial charge >= 0.3 is 5.97 Å². The fourth-order valence-corrected chi connectivity index (χ4v) is 3.71. The van der Waals surface area contributed by atoms with Crippen LogP contribution in [0.1, 0.15) is 33.6 Å². The molecule has 1 saturated heterocycles. The van der Waals surface area contributed by atoms with Crippen molar-refractivity contribution in [1.82, 2.24) is 9.96 Å². The number of rotatable bonds is 6. The Hall–Kier alpha value is -3.19. The highest BCUT2D eigenvalue weighted by Crippen LogP contribution is 2.23. The number of para-hydroxylation sites is 1. The number of hydrogen-bond acceptors (Lipinski definition) is 6. The zero-order valence-electron chi connectivity index (χ0n) is 16.1. The van der Waals surface area contributed by atoms with Crippen molar-refractivity contribution in [1.29, 1.82) is 0 Å². The second-order valence-electron chi connectivity index (χ2n) is 7.18. The molecular formula is C22H23N3O4. The minimum absolute atomic E-state index is 0.159. The highest BCUT2D eigenvalue weighted by molar-refractivity contribution is 6.20. The van der Waals surface area contributed by atoms with Crippen LogP contribution < -0.4 is 4.90 Å². The zero-order valence-corrected chi connectivity index (χ0v) is 16.1. The summed E-state index contributed by atoms with van der Waals surface area (Å²) in [4.78, 5) is 46.3. The van der Waals surface area contributed by atoms with E-state index in [0.717, 1.165) is 32.7 Å². The fraction of sp³-hybridized carbons (Fsp3) is 0.318. The number of nitrogens with zero attached hydrogens (tertiary/aromatic N) is 3. The van der Waals surface area contributed by atoms with Crippen molar-refractivity contribution in [3.63, 3.8) is 0 Å². The number of fused-ring (bicyclic) bond motifs is 1. The van der Waals surface area contributed by atoms with Gasteiger partial charge in [0.05, 0.1) is 11.1 Å². The van der Waals surface area contributed by atoms with Gasteiger partial charge in [0.15, 0.2) is 0 Å². The van der Waals surface area contributed by atoms with E-state index >= 15 is 0 Å². The van der Waals surface area contributed by atoms with Crippen molar-refractivity contribution in [2.24, 2.45) is 0 Å². The van der Waals surface area contributed by atoms with Crippen molar-refractivity contribution in [2.45, 2.75) is 12.8 Å². The van der Waals surface area contributed by atoms with Crippen LogP contribution in [0, 0.1) is 0 Å². The zero-order chi connectivity index (χ0) is 20.2. The molecule has 0 spiro atoms. The SMILES string of the molecule is O=C(CCCN1CCN(c2ccccc2)CC1)ON1C(=O)c2ccccc2C1=O. The van der Waals surface area contributed by atoms with Crippen LogP contribution in [0.25, 0.3) is 0 Å². The van der Waals surface area contributed by atoms with Gasteiger partial charge in [-0.05, 0) is 37.2 Å². The molecule has 0 saturated carbocycles. The maximum Gasteiger partial charge on any atom is 0.333 e. The third kappa shape index (κ3) is 4.14. The van der Waals surface area contributed by atoms with E-state index in [4.69, 9.17) is 4.84 Å². The summed E-state index contributed by atoms with van der Waals surface area (Å²) in [7, 11) is 0. The van der Waals surface area contributed by atoms with Crippen LogP contribution in [0.3, 0.4) is 0 Å². The minimum Gasteiger partial charge on any atom is -0.369 e. The van der Waals surface area contributed by atoms with E-state index < -0.39 is 17.8 Å². The molecule has 2 aromatic rings. The van der Waals surface area contributed by atoms with E-state index in [-0.39, 0.29) is 17.5 Å². The molecule has 2 amide bonds. The van der Waals surface area contributed by atoms with Crippen LogP contribution in [0.2, 0.25) is 0 Å². The Morgan fingerprint density at radius 1 is 0.828 bits per heavy atom. The van der Waals surface area contributed by atoms with Crippen molar-refractivity contribution in [3.8, 4) is 0 Å². The lowest BCUT2D eigenvalue weighted by atomic mass is 10.1. The van der Waals surface area contributed by atoms with E-state index in [1.54, 1.807) is 24.3 Å². The molecule has 0 bridgehead atoms. The van der Waals surface area contributed by atoms with E-state index in [0.29, 0.717) is 11.5 Å². The Bertz CT molecular complexity index is 872. The molecule has 2 aliphatic rings. The Morgan fingerprint density at radius 2 is 1.41 bits per heavy atom. The highest BCUT2D eigenvalue weighted by atomic mass is 16.7. The summed E-state index contributed by atoms with van der Waals surface area (Å²) in [6.45, 7) is 4.54. The number of hydrogen-bond donors (Lipinski definition) is 0. The van der Waals surface area contributed by atoms with Crippen LogP contribution in [-0.4, -0.2) is 60.5 Å². The average molecular weight is 393 g/mol. The topological polar surface area (TPSA) is 70.2 Å². The maximum absolute atomic E-state index is 12.2. The summed E-state index contributed by atoms with van der Waals surface area (Å²) in [6.07, 6.45) is 0.777. The lowest BCUT2D eigenvalue weighted by Crippen LogP contribution is -2.46. The summed E-state index contributed by atoms with van der Waals surface area (Å²) >= 11 is 0. The molecule has 1 fully saturated rings. The Balaban J connectivity index is 1.20. The van der Waals surface area contributed by atoms with E-state index in [9.17, 15) is 14.4 Å². The second kappa shape index (κ2) is 8.45. The van der Waals surface area contributed by atoms with Gasteiger partial charge in [-0.3, -0.25) is 14.5 Å². The first kappa shape index (κ1) is 19.1. The molecule has 2 heterocycles. The van der Waals surface area contributed by atoms with Gasteiger partial charge in [0.25, 0.3) is 11.8 Å². The van der Waals surface area contributed by atoms with Gasteiger partial charge in [-0.2, -0.15) is 0 Å². The molecule has 7 nitrogen and oxygen atoms in total. The number of benzene rings is 2. The average Bonchev–Trinajstić information content (AvgIpc) is 3.00. The van der Waals surface area contributed by atoms with Crippen molar-refractivity contribution in [2.75, 3.05) is 37.6 Å². The van der Waals surface area contributed by atoms with Gasteiger partial charge in [0.1, 0.15) is 0 Å². The quantitative estimate of drug-likeness (QED) is 0.702. The lowest BCUT2D eigenvalue weighted by Gasteiger charge is -2.36. The molecule has 0 aromatic heterocycles. The summed E-state index contributed by atoms with van der Waals surface area (Å²) in [5.74, 6) is -1.74. The molecule has 0 aliphatic carbocycles. The third-order valence-corrected chi connectivity index (χ3v) is 5.30. The lowest BCUT2D eigenvalue weighted by molar-refractivity contribution is -0.168. The first-order valence-corrected chi connectivity index (χ1v) is 9.84. The van der Waals surface area contributed by atoms with Crippen LogP contribution in [0.4, 0.5) is 5.69 Å². The van der Waals surface area contributed by atoms with Gasteiger partial charge in [-0.15, -0.1) is 0 Å². The molecule has 0 atom stereocenters. The highest BCUT2D eigenvalue weighted by Gasteiger charge is 2.38. The molecule has 7 heteroatoms. The smallest absolute Gasteiger partial charge is 0.333 e. The molecule has 2 aromatic carbocycles. The molecule has 2 aliphatic heterocycles.